The number of anilines is 1. The molecule has 0 aliphatic carbocycles. The lowest BCUT2D eigenvalue weighted by molar-refractivity contribution is 0.543. The molecule has 106 valence electrons. The van der Waals surface area contributed by atoms with Gasteiger partial charge in [0.1, 0.15) is 29.0 Å². The minimum Gasteiger partial charge on any atom is -0.384 e. The Bertz CT molecular complexity index is 748. The van der Waals surface area contributed by atoms with Gasteiger partial charge in [0.2, 0.25) is 0 Å². The van der Waals surface area contributed by atoms with E-state index in [0.29, 0.717) is 23.3 Å². The van der Waals surface area contributed by atoms with Crippen LogP contribution in [0.3, 0.4) is 0 Å². The summed E-state index contributed by atoms with van der Waals surface area (Å²) in [7, 11) is 0. The Kier molecular flexibility index (Phi) is 2.87. The number of nitrogens with zero attached hydrogens (tertiary/aromatic N) is 2. The van der Waals surface area contributed by atoms with Crippen LogP contribution in [0.25, 0.3) is 0 Å². The fourth-order valence-electron chi connectivity index (χ4n) is 2.36. The Balaban J connectivity index is 2.08. The predicted molar refractivity (Wildman–Crippen MR) is 69.8 cm³/mol. The van der Waals surface area contributed by atoms with Crippen LogP contribution in [0.1, 0.15) is 0 Å². The molecule has 4 nitrogen and oxygen atoms in total. The van der Waals surface area contributed by atoms with Gasteiger partial charge in [0.15, 0.2) is 11.6 Å². The van der Waals surface area contributed by atoms with Gasteiger partial charge in [-0.3, -0.25) is 0 Å². The molecule has 0 bridgehead atoms. The van der Waals surface area contributed by atoms with Crippen LogP contribution in [0.5, 0.6) is 0 Å². The Hall–Kier alpha value is -2.88. The first-order chi connectivity index (χ1) is 10.0. The minimum atomic E-state index is -1.01. The lowest BCUT2D eigenvalue weighted by Crippen LogP contribution is -2.23. The van der Waals surface area contributed by atoms with Crippen molar-refractivity contribution >= 4 is 5.69 Å². The zero-order valence-corrected chi connectivity index (χ0v) is 10.6. The second-order valence-electron chi connectivity index (χ2n) is 4.60. The summed E-state index contributed by atoms with van der Waals surface area (Å²) in [5.74, 6) is -2.82. The summed E-state index contributed by atoms with van der Waals surface area (Å²) in [5, 5.41) is 11.8. The molecule has 2 aliphatic rings. The molecule has 0 saturated carbocycles. The largest absolute Gasteiger partial charge is 0.384 e. The molecule has 1 aromatic carbocycles. The highest BCUT2D eigenvalue weighted by Gasteiger charge is 2.29. The summed E-state index contributed by atoms with van der Waals surface area (Å²) in [6.07, 6.45) is 3.00. The first-order valence-electron chi connectivity index (χ1n) is 6.00. The third-order valence-corrected chi connectivity index (χ3v) is 3.29. The van der Waals surface area contributed by atoms with E-state index in [1.807, 2.05) is 6.07 Å². The smallest absolute Gasteiger partial charge is 0.152 e. The van der Waals surface area contributed by atoms with Gasteiger partial charge in [-0.05, 0) is 5.57 Å². The first kappa shape index (κ1) is 13.1. The molecule has 21 heavy (non-hydrogen) atoms. The second kappa shape index (κ2) is 4.59. The molecule has 1 aromatic rings. The summed E-state index contributed by atoms with van der Waals surface area (Å²) in [5.41, 5.74) is 6.66. The van der Waals surface area contributed by atoms with E-state index >= 15 is 0 Å². The Morgan fingerprint density at radius 3 is 2.52 bits per heavy atom. The maximum absolute atomic E-state index is 13.8. The normalized spacial score (nSPS) is 17.0. The molecule has 7 heteroatoms. The van der Waals surface area contributed by atoms with E-state index in [0.717, 1.165) is 0 Å². The number of fused-ring (bicyclic) bond motifs is 1. The van der Waals surface area contributed by atoms with Crippen molar-refractivity contribution < 1.29 is 13.2 Å². The first-order valence-corrected chi connectivity index (χ1v) is 6.00. The van der Waals surface area contributed by atoms with Gasteiger partial charge in [0.05, 0.1) is 0 Å². The third-order valence-electron chi connectivity index (χ3n) is 3.29. The van der Waals surface area contributed by atoms with Gasteiger partial charge in [-0.1, -0.05) is 0 Å². The number of benzene rings is 1. The van der Waals surface area contributed by atoms with Crippen LogP contribution in [-0.4, -0.2) is 6.54 Å². The van der Waals surface area contributed by atoms with E-state index in [1.54, 1.807) is 6.20 Å². The van der Waals surface area contributed by atoms with Crippen molar-refractivity contribution in [3.05, 3.63) is 64.5 Å². The van der Waals surface area contributed by atoms with Gasteiger partial charge in [-0.15, -0.1) is 0 Å². The summed E-state index contributed by atoms with van der Waals surface area (Å²) in [6.45, 7) is 0.153. The van der Waals surface area contributed by atoms with E-state index in [4.69, 9.17) is 11.0 Å². The summed E-state index contributed by atoms with van der Waals surface area (Å²) < 4.78 is 40.6. The van der Waals surface area contributed by atoms with E-state index in [9.17, 15) is 13.2 Å². The van der Waals surface area contributed by atoms with Crippen LogP contribution in [0.4, 0.5) is 18.9 Å². The molecule has 0 fully saturated rings. The quantitative estimate of drug-likeness (QED) is 0.830. The fourth-order valence-corrected chi connectivity index (χ4v) is 2.36. The predicted octanol–water partition coefficient (Wildman–Crippen LogP) is 1.99. The van der Waals surface area contributed by atoms with Gasteiger partial charge >= 0.3 is 0 Å². The molecule has 3 N–H and O–H groups in total. The Morgan fingerprint density at radius 1 is 1.24 bits per heavy atom. The van der Waals surface area contributed by atoms with Crippen molar-refractivity contribution in [1.29, 1.82) is 5.26 Å². The summed E-state index contributed by atoms with van der Waals surface area (Å²) >= 11 is 0. The maximum atomic E-state index is 13.8. The number of rotatable bonds is 1. The molecule has 0 saturated heterocycles. The van der Waals surface area contributed by atoms with Crippen molar-refractivity contribution in [3.8, 4) is 6.07 Å². The lowest BCUT2D eigenvalue weighted by Gasteiger charge is -2.17. The zero-order valence-electron chi connectivity index (χ0n) is 10.6. The fraction of sp³-hybridized carbons (Fsp3) is 0.0714. The van der Waals surface area contributed by atoms with E-state index in [1.165, 1.54) is 11.1 Å². The molecule has 0 unspecified atom stereocenters. The SMILES string of the molecule is N#CC1=C(N)NC=C2CN(c3c(F)cc(F)cc3F)C=C21. The molecule has 0 amide bonds. The molecular weight excluding hydrogens is 281 g/mol. The number of hydrogen-bond acceptors (Lipinski definition) is 4. The molecule has 0 radical (unpaired) electrons. The van der Waals surface area contributed by atoms with Gasteiger partial charge in [0, 0.05) is 36.7 Å². The van der Waals surface area contributed by atoms with Crippen molar-refractivity contribution in [3.63, 3.8) is 0 Å². The summed E-state index contributed by atoms with van der Waals surface area (Å²) in [6, 6.07) is 3.17. The Labute approximate surface area is 118 Å². The van der Waals surface area contributed by atoms with Crippen molar-refractivity contribution in [2.75, 3.05) is 11.4 Å². The van der Waals surface area contributed by atoms with Crippen molar-refractivity contribution in [2.45, 2.75) is 0 Å². The monoisotopic (exact) mass is 290 g/mol. The molecule has 0 spiro atoms. The number of halogens is 3. The number of hydrogen-bond donors (Lipinski definition) is 2. The zero-order chi connectivity index (χ0) is 15.1. The van der Waals surface area contributed by atoms with Crippen LogP contribution in [-0.2, 0) is 0 Å². The van der Waals surface area contributed by atoms with E-state index < -0.39 is 17.5 Å². The van der Waals surface area contributed by atoms with Crippen LogP contribution in [0, 0.1) is 28.8 Å². The molecule has 2 aliphatic heterocycles. The highest BCUT2D eigenvalue weighted by atomic mass is 19.1. The van der Waals surface area contributed by atoms with Crippen molar-refractivity contribution in [2.24, 2.45) is 5.73 Å². The maximum Gasteiger partial charge on any atom is 0.152 e. The number of nitriles is 1. The molecular formula is C14H9F3N4. The second-order valence-corrected chi connectivity index (χ2v) is 4.60. The molecule has 0 atom stereocenters. The number of allylic oxidation sites excluding steroid dienone is 1. The average Bonchev–Trinajstić information content (AvgIpc) is 2.81. The highest BCUT2D eigenvalue weighted by molar-refractivity contribution is 5.67. The number of nitrogens with two attached hydrogens (primary N) is 1. The average molecular weight is 290 g/mol. The van der Waals surface area contributed by atoms with Gasteiger partial charge in [-0.2, -0.15) is 5.26 Å². The number of dihydropyridines is 1. The molecule has 3 rings (SSSR count). The third kappa shape index (κ3) is 2.01. The number of nitrogens with one attached hydrogen (secondary N) is 1. The van der Waals surface area contributed by atoms with E-state index in [2.05, 4.69) is 5.32 Å². The lowest BCUT2D eigenvalue weighted by atomic mass is 10.0. The van der Waals surface area contributed by atoms with Gasteiger partial charge in [-0.25, -0.2) is 13.2 Å². The summed E-state index contributed by atoms with van der Waals surface area (Å²) in [4.78, 5) is 1.28. The van der Waals surface area contributed by atoms with Gasteiger partial charge in [0.25, 0.3) is 0 Å². The van der Waals surface area contributed by atoms with Crippen LogP contribution >= 0.6 is 0 Å². The van der Waals surface area contributed by atoms with Crippen LogP contribution in [0.2, 0.25) is 0 Å². The van der Waals surface area contributed by atoms with Gasteiger partial charge < -0.3 is 16.0 Å². The standard InChI is InChI=1S/C14H9F3N4/c15-8-1-11(16)13(12(17)2-8)21-5-7-4-20-14(19)9(3-18)10(7)6-21/h1-2,4,6,20H,5,19H2. The van der Waals surface area contributed by atoms with Crippen LogP contribution < -0.4 is 16.0 Å². The van der Waals surface area contributed by atoms with Crippen molar-refractivity contribution in [1.82, 2.24) is 5.32 Å². The van der Waals surface area contributed by atoms with E-state index in [-0.39, 0.29) is 23.6 Å². The minimum absolute atomic E-state index is 0.153. The molecule has 0 aromatic heterocycles. The highest BCUT2D eigenvalue weighted by Crippen LogP contribution is 2.35. The topological polar surface area (TPSA) is 65.1 Å². The Morgan fingerprint density at radius 2 is 1.90 bits per heavy atom. The molecule has 2 heterocycles. The van der Waals surface area contributed by atoms with Crippen LogP contribution in [0.15, 0.2) is 47.1 Å².